The third-order valence-corrected chi connectivity index (χ3v) is 3.16. The molecule has 4 N–H and O–H groups in total. The Labute approximate surface area is 119 Å². The standard InChI is InChI=1S/C13H13BrN4O/c1-8-2-3-9(14)6-12(8)17-13(19)10-7-16-5-4-11(10)18-15/h2-7H,15H2,1H3,(H,16,18)(H,17,19). The molecule has 1 aromatic heterocycles. The fraction of sp³-hybridized carbons (Fsp3) is 0.0769. The highest BCUT2D eigenvalue weighted by Gasteiger charge is 2.12. The predicted molar refractivity (Wildman–Crippen MR) is 78.9 cm³/mol. The average Bonchev–Trinajstić information content (AvgIpc) is 2.42. The molecule has 0 radical (unpaired) electrons. The maximum Gasteiger partial charge on any atom is 0.259 e. The van der Waals surface area contributed by atoms with Gasteiger partial charge in [0.1, 0.15) is 0 Å². The molecule has 2 rings (SSSR count). The lowest BCUT2D eigenvalue weighted by molar-refractivity contribution is 0.102. The molecular formula is C13H13BrN4O. The number of benzene rings is 1. The molecule has 0 fully saturated rings. The van der Waals surface area contributed by atoms with E-state index in [2.05, 4.69) is 31.7 Å². The van der Waals surface area contributed by atoms with Gasteiger partial charge in [0.05, 0.1) is 11.3 Å². The Kier molecular flexibility index (Phi) is 4.13. The van der Waals surface area contributed by atoms with E-state index in [1.54, 1.807) is 12.3 Å². The molecule has 0 unspecified atom stereocenters. The third kappa shape index (κ3) is 3.10. The van der Waals surface area contributed by atoms with Gasteiger partial charge in [-0.25, -0.2) is 0 Å². The van der Waals surface area contributed by atoms with Gasteiger partial charge in [-0.1, -0.05) is 22.0 Å². The number of hydrazine groups is 1. The summed E-state index contributed by atoms with van der Waals surface area (Å²) in [5, 5.41) is 2.84. The van der Waals surface area contributed by atoms with Gasteiger partial charge in [0, 0.05) is 22.6 Å². The summed E-state index contributed by atoms with van der Waals surface area (Å²) in [7, 11) is 0. The van der Waals surface area contributed by atoms with E-state index < -0.39 is 0 Å². The van der Waals surface area contributed by atoms with E-state index in [-0.39, 0.29) is 5.91 Å². The van der Waals surface area contributed by atoms with Crippen LogP contribution in [0.25, 0.3) is 0 Å². The number of carbonyl (C=O) groups is 1. The van der Waals surface area contributed by atoms with Gasteiger partial charge in [-0.2, -0.15) is 0 Å². The van der Waals surface area contributed by atoms with Gasteiger partial charge < -0.3 is 10.7 Å². The number of aromatic nitrogens is 1. The van der Waals surface area contributed by atoms with E-state index in [9.17, 15) is 4.79 Å². The van der Waals surface area contributed by atoms with Crippen molar-refractivity contribution in [2.24, 2.45) is 5.84 Å². The summed E-state index contributed by atoms with van der Waals surface area (Å²) in [5.74, 6) is 5.11. The van der Waals surface area contributed by atoms with Crippen LogP contribution < -0.4 is 16.6 Å². The van der Waals surface area contributed by atoms with Crippen molar-refractivity contribution in [3.8, 4) is 0 Å². The van der Waals surface area contributed by atoms with Crippen LogP contribution in [0, 0.1) is 6.92 Å². The molecule has 0 aliphatic carbocycles. The molecule has 1 amide bonds. The van der Waals surface area contributed by atoms with E-state index in [1.165, 1.54) is 6.20 Å². The SMILES string of the molecule is Cc1ccc(Br)cc1NC(=O)c1cnccc1NN. The van der Waals surface area contributed by atoms with Crippen molar-refractivity contribution in [3.05, 3.63) is 52.3 Å². The van der Waals surface area contributed by atoms with Gasteiger partial charge in [0.2, 0.25) is 0 Å². The fourth-order valence-electron chi connectivity index (χ4n) is 1.62. The first-order valence-electron chi connectivity index (χ1n) is 5.60. The van der Waals surface area contributed by atoms with Crippen molar-refractivity contribution in [3.63, 3.8) is 0 Å². The maximum atomic E-state index is 12.2. The highest BCUT2D eigenvalue weighted by Crippen LogP contribution is 2.22. The van der Waals surface area contributed by atoms with Crippen LogP contribution in [0.3, 0.4) is 0 Å². The Bertz CT molecular complexity index is 615. The number of hydrogen-bond donors (Lipinski definition) is 3. The maximum absolute atomic E-state index is 12.2. The molecule has 6 heteroatoms. The lowest BCUT2D eigenvalue weighted by Crippen LogP contribution is -2.18. The Hall–Kier alpha value is -1.92. The number of carbonyl (C=O) groups excluding carboxylic acids is 1. The van der Waals surface area contributed by atoms with E-state index >= 15 is 0 Å². The summed E-state index contributed by atoms with van der Waals surface area (Å²) in [6.45, 7) is 1.92. The van der Waals surface area contributed by atoms with Gasteiger partial charge in [0.15, 0.2) is 0 Å². The van der Waals surface area contributed by atoms with E-state index in [0.717, 1.165) is 15.7 Å². The highest BCUT2D eigenvalue weighted by atomic mass is 79.9. The Morgan fingerprint density at radius 1 is 1.32 bits per heavy atom. The molecule has 0 aliphatic heterocycles. The number of anilines is 2. The van der Waals surface area contributed by atoms with Crippen LogP contribution in [0.4, 0.5) is 11.4 Å². The molecule has 0 saturated carbocycles. The Morgan fingerprint density at radius 2 is 2.11 bits per heavy atom. The lowest BCUT2D eigenvalue weighted by atomic mass is 10.1. The Balaban J connectivity index is 2.28. The molecule has 0 atom stereocenters. The molecule has 19 heavy (non-hydrogen) atoms. The summed E-state index contributed by atoms with van der Waals surface area (Å²) < 4.78 is 0.900. The Morgan fingerprint density at radius 3 is 2.84 bits per heavy atom. The minimum Gasteiger partial charge on any atom is -0.323 e. The van der Waals surface area contributed by atoms with Gasteiger partial charge >= 0.3 is 0 Å². The zero-order valence-corrected chi connectivity index (χ0v) is 11.9. The van der Waals surface area contributed by atoms with Crippen LogP contribution in [0.15, 0.2) is 41.1 Å². The quantitative estimate of drug-likeness (QED) is 0.600. The lowest BCUT2D eigenvalue weighted by Gasteiger charge is -2.11. The van der Waals surface area contributed by atoms with Crippen molar-refractivity contribution < 1.29 is 4.79 Å². The van der Waals surface area contributed by atoms with Crippen LogP contribution in [0.5, 0.6) is 0 Å². The van der Waals surface area contributed by atoms with E-state index in [0.29, 0.717) is 11.3 Å². The van der Waals surface area contributed by atoms with Gasteiger partial charge in [-0.05, 0) is 30.7 Å². The second-order valence-corrected chi connectivity index (χ2v) is 4.89. The number of halogens is 1. The molecule has 5 nitrogen and oxygen atoms in total. The third-order valence-electron chi connectivity index (χ3n) is 2.67. The molecular weight excluding hydrogens is 308 g/mol. The fourth-order valence-corrected chi connectivity index (χ4v) is 1.98. The first-order valence-corrected chi connectivity index (χ1v) is 6.39. The molecule has 2 aromatic rings. The van der Waals surface area contributed by atoms with Crippen LogP contribution in [0.1, 0.15) is 15.9 Å². The number of nitrogen functional groups attached to an aromatic ring is 1. The van der Waals surface area contributed by atoms with Crippen LogP contribution in [-0.4, -0.2) is 10.9 Å². The molecule has 1 aromatic carbocycles. The first kappa shape index (κ1) is 13.5. The molecule has 0 spiro atoms. The summed E-state index contributed by atoms with van der Waals surface area (Å²) >= 11 is 3.37. The molecule has 98 valence electrons. The van der Waals surface area contributed by atoms with Crippen molar-refractivity contribution in [2.75, 3.05) is 10.7 Å². The van der Waals surface area contributed by atoms with Crippen LogP contribution >= 0.6 is 15.9 Å². The zero-order valence-electron chi connectivity index (χ0n) is 10.3. The van der Waals surface area contributed by atoms with Gasteiger partial charge in [-0.15, -0.1) is 0 Å². The number of hydrogen-bond acceptors (Lipinski definition) is 4. The topological polar surface area (TPSA) is 80.0 Å². The normalized spacial score (nSPS) is 10.1. The molecule has 0 saturated heterocycles. The number of rotatable bonds is 3. The first-order chi connectivity index (χ1) is 9.11. The molecule has 0 aliphatic rings. The summed E-state index contributed by atoms with van der Waals surface area (Å²) in [6.07, 6.45) is 3.04. The number of pyridine rings is 1. The van der Waals surface area contributed by atoms with E-state index in [1.807, 2.05) is 25.1 Å². The van der Waals surface area contributed by atoms with Crippen molar-refractivity contribution in [1.29, 1.82) is 0 Å². The minimum absolute atomic E-state index is 0.262. The number of amides is 1. The number of nitrogens with two attached hydrogens (primary N) is 1. The zero-order chi connectivity index (χ0) is 13.8. The summed E-state index contributed by atoms with van der Waals surface area (Å²) in [4.78, 5) is 16.1. The smallest absolute Gasteiger partial charge is 0.259 e. The minimum atomic E-state index is -0.262. The second-order valence-electron chi connectivity index (χ2n) is 3.98. The van der Waals surface area contributed by atoms with Gasteiger partial charge in [0.25, 0.3) is 5.91 Å². The number of aryl methyl sites for hydroxylation is 1. The monoisotopic (exact) mass is 320 g/mol. The van der Waals surface area contributed by atoms with Crippen LogP contribution in [-0.2, 0) is 0 Å². The van der Waals surface area contributed by atoms with Crippen molar-refractivity contribution >= 4 is 33.2 Å². The highest BCUT2D eigenvalue weighted by molar-refractivity contribution is 9.10. The molecule has 0 bridgehead atoms. The van der Waals surface area contributed by atoms with Crippen LogP contribution in [0.2, 0.25) is 0 Å². The second kappa shape index (κ2) is 5.81. The van der Waals surface area contributed by atoms with Gasteiger partial charge in [-0.3, -0.25) is 15.6 Å². The largest absolute Gasteiger partial charge is 0.323 e. The number of nitrogens with one attached hydrogen (secondary N) is 2. The number of nitrogens with zero attached hydrogens (tertiary/aromatic N) is 1. The predicted octanol–water partition coefficient (Wildman–Crippen LogP) is 2.69. The summed E-state index contributed by atoms with van der Waals surface area (Å²) in [5.41, 5.74) is 5.12. The average molecular weight is 321 g/mol. The van der Waals surface area contributed by atoms with E-state index in [4.69, 9.17) is 5.84 Å². The van der Waals surface area contributed by atoms with Crippen molar-refractivity contribution in [1.82, 2.24) is 4.98 Å². The molecule has 1 heterocycles. The van der Waals surface area contributed by atoms with Crippen molar-refractivity contribution in [2.45, 2.75) is 6.92 Å². The summed E-state index contributed by atoms with van der Waals surface area (Å²) in [6, 6.07) is 7.33.